The van der Waals surface area contributed by atoms with Crippen LogP contribution in [0.15, 0.2) is 11.4 Å². The molecule has 1 aromatic heterocycles. The molecular formula is C14H21N3O3S. The van der Waals surface area contributed by atoms with Gasteiger partial charge >= 0.3 is 6.09 Å². The van der Waals surface area contributed by atoms with Crippen molar-refractivity contribution in [2.75, 3.05) is 19.7 Å². The van der Waals surface area contributed by atoms with Gasteiger partial charge in [0.25, 0.3) is 0 Å². The molecule has 0 aromatic carbocycles. The standard InChI is InChI=1S/C14H21N3O3S/c1-2-20-14(19)17-5-3-11(4-6-17)16-8-12-7-10(9-21-12)13(15)18/h7,9,11,16H,2-6,8H2,1H3,(H2,15,18). The molecule has 3 N–H and O–H groups in total. The van der Waals surface area contributed by atoms with Gasteiger partial charge in [0, 0.05) is 35.9 Å². The second-order valence-corrected chi connectivity index (χ2v) is 6.00. The van der Waals surface area contributed by atoms with Gasteiger partial charge in [-0.3, -0.25) is 4.79 Å². The maximum atomic E-state index is 11.6. The molecule has 2 heterocycles. The van der Waals surface area contributed by atoms with Crippen molar-refractivity contribution in [2.45, 2.75) is 32.4 Å². The molecule has 1 aliphatic rings. The highest BCUT2D eigenvalue weighted by Gasteiger charge is 2.23. The van der Waals surface area contributed by atoms with E-state index in [1.54, 1.807) is 10.3 Å². The van der Waals surface area contributed by atoms with Crippen molar-refractivity contribution in [1.29, 1.82) is 0 Å². The molecule has 1 aliphatic heterocycles. The summed E-state index contributed by atoms with van der Waals surface area (Å²) in [5.41, 5.74) is 5.80. The zero-order valence-corrected chi connectivity index (χ0v) is 12.9. The number of nitrogens with two attached hydrogens (primary N) is 1. The number of nitrogens with one attached hydrogen (secondary N) is 1. The van der Waals surface area contributed by atoms with Crippen LogP contribution in [0.3, 0.4) is 0 Å². The number of nitrogens with zero attached hydrogens (tertiary/aromatic N) is 1. The largest absolute Gasteiger partial charge is 0.450 e. The van der Waals surface area contributed by atoms with E-state index in [1.165, 1.54) is 11.3 Å². The first-order chi connectivity index (χ1) is 10.1. The van der Waals surface area contributed by atoms with Crippen LogP contribution in [0.4, 0.5) is 4.79 Å². The molecule has 0 radical (unpaired) electrons. The molecule has 1 saturated heterocycles. The van der Waals surface area contributed by atoms with Crippen LogP contribution in [-0.4, -0.2) is 42.6 Å². The Morgan fingerprint density at radius 2 is 2.19 bits per heavy atom. The van der Waals surface area contributed by atoms with Gasteiger partial charge in [0.2, 0.25) is 5.91 Å². The Hall–Kier alpha value is -1.60. The third-order valence-electron chi connectivity index (χ3n) is 3.52. The van der Waals surface area contributed by atoms with Crippen LogP contribution in [0.5, 0.6) is 0 Å². The summed E-state index contributed by atoms with van der Waals surface area (Å²) >= 11 is 1.53. The minimum atomic E-state index is -0.389. The second-order valence-electron chi connectivity index (χ2n) is 5.01. The fourth-order valence-corrected chi connectivity index (χ4v) is 3.15. The minimum Gasteiger partial charge on any atom is -0.450 e. The highest BCUT2D eigenvalue weighted by molar-refractivity contribution is 7.10. The highest BCUT2D eigenvalue weighted by atomic mass is 32.1. The molecule has 0 spiro atoms. The summed E-state index contributed by atoms with van der Waals surface area (Å²) in [6, 6.07) is 2.21. The van der Waals surface area contributed by atoms with Gasteiger partial charge in [-0.25, -0.2) is 4.79 Å². The molecule has 0 unspecified atom stereocenters. The normalized spacial score (nSPS) is 16.0. The molecule has 0 atom stereocenters. The predicted molar refractivity (Wildman–Crippen MR) is 81.3 cm³/mol. The van der Waals surface area contributed by atoms with Crippen LogP contribution in [0, 0.1) is 0 Å². The maximum absolute atomic E-state index is 11.6. The average Bonchev–Trinajstić information content (AvgIpc) is 2.95. The summed E-state index contributed by atoms with van der Waals surface area (Å²) in [4.78, 5) is 25.5. The fraction of sp³-hybridized carbons (Fsp3) is 0.571. The van der Waals surface area contributed by atoms with Gasteiger partial charge in [0.15, 0.2) is 0 Å². The molecule has 116 valence electrons. The number of thiophene rings is 1. The quantitative estimate of drug-likeness (QED) is 0.864. The van der Waals surface area contributed by atoms with Crippen LogP contribution in [0.25, 0.3) is 0 Å². The summed E-state index contributed by atoms with van der Waals surface area (Å²) in [6.07, 6.45) is 1.60. The number of piperidine rings is 1. The molecular weight excluding hydrogens is 290 g/mol. The number of rotatable bonds is 5. The Kier molecular flexibility index (Phi) is 5.58. The Bertz CT molecular complexity index is 495. The lowest BCUT2D eigenvalue weighted by molar-refractivity contribution is 0.0949. The van der Waals surface area contributed by atoms with Crippen molar-refractivity contribution in [1.82, 2.24) is 10.2 Å². The van der Waals surface area contributed by atoms with E-state index in [0.717, 1.165) is 24.3 Å². The topological polar surface area (TPSA) is 84.7 Å². The van der Waals surface area contributed by atoms with Gasteiger partial charge in [0.05, 0.1) is 12.2 Å². The number of hydrogen-bond donors (Lipinski definition) is 2. The molecule has 7 heteroatoms. The van der Waals surface area contributed by atoms with Gasteiger partial charge in [0.1, 0.15) is 0 Å². The molecule has 0 saturated carbocycles. The van der Waals surface area contributed by atoms with Crippen LogP contribution in [0.1, 0.15) is 35.0 Å². The SMILES string of the molecule is CCOC(=O)N1CCC(NCc2cc(C(N)=O)cs2)CC1. The molecule has 1 fully saturated rings. The molecule has 2 rings (SSSR count). The van der Waals surface area contributed by atoms with E-state index in [0.29, 0.717) is 31.3 Å². The summed E-state index contributed by atoms with van der Waals surface area (Å²) in [6.45, 7) is 4.38. The van der Waals surface area contributed by atoms with E-state index in [4.69, 9.17) is 10.5 Å². The van der Waals surface area contributed by atoms with E-state index in [2.05, 4.69) is 5.32 Å². The van der Waals surface area contributed by atoms with Gasteiger partial charge < -0.3 is 20.7 Å². The highest BCUT2D eigenvalue weighted by Crippen LogP contribution is 2.16. The zero-order valence-electron chi connectivity index (χ0n) is 12.1. The lowest BCUT2D eigenvalue weighted by Crippen LogP contribution is -2.44. The first-order valence-electron chi connectivity index (χ1n) is 7.12. The Morgan fingerprint density at radius 1 is 1.48 bits per heavy atom. The van der Waals surface area contributed by atoms with Gasteiger partial charge in [-0.15, -0.1) is 11.3 Å². The van der Waals surface area contributed by atoms with Crippen molar-refractivity contribution in [3.05, 3.63) is 21.9 Å². The fourth-order valence-electron chi connectivity index (χ4n) is 2.33. The lowest BCUT2D eigenvalue weighted by Gasteiger charge is -2.31. The van der Waals surface area contributed by atoms with E-state index in [9.17, 15) is 9.59 Å². The van der Waals surface area contributed by atoms with Gasteiger partial charge in [-0.2, -0.15) is 0 Å². The number of primary amides is 1. The Labute approximate surface area is 128 Å². The number of hydrogen-bond acceptors (Lipinski definition) is 5. The average molecular weight is 311 g/mol. The number of likely N-dealkylation sites (tertiary alicyclic amines) is 1. The Morgan fingerprint density at radius 3 is 2.76 bits per heavy atom. The number of amides is 2. The second kappa shape index (κ2) is 7.42. The van der Waals surface area contributed by atoms with Crippen LogP contribution < -0.4 is 11.1 Å². The summed E-state index contributed by atoms with van der Waals surface area (Å²) in [5, 5.41) is 5.24. The zero-order chi connectivity index (χ0) is 15.2. The summed E-state index contributed by atoms with van der Waals surface area (Å²) < 4.78 is 5.00. The number of ether oxygens (including phenoxy) is 1. The first kappa shape index (κ1) is 15.8. The van der Waals surface area contributed by atoms with E-state index < -0.39 is 0 Å². The van der Waals surface area contributed by atoms with Crippen molar-refractivity contribution >= 4 is 23.3 Å². The van der Waals surface area contributed by atoms with Crippen LogP contribution in [-0.2, 0) is 11.3 Å². The number of carbonyl (C=O) groups excluding carboxylic acids is 2. The minimum absolute atomic E-state index is 0.222. The third-order valence-corrected chi connectivity index (χ3v) is 4.46. The summed E-state index contributed by atoms with van der Waals surface area (Å²) in [7, 11) is 0. The van der Waals surface area contributed by atoms with Gasteiger partial charge in [-0.1, -0.05) is 0 Å². The third kappa shape index (κ3) is 4.44. The van der Waals surface area contributed by atoms with Crippen LogP contribution in [0.2, 0.25) is 0 Å². The van der Waals surface area contributed by atoms with E-state index in [1.807, 2.05) is 13.0 Å². The molecule has 1 aromatic rings. The van der Waals surface area contributed by atoms with Gasteiger partial charge in [-0.05, 0) is 25.8 Å². The maximum Gasteiger partial charge on any atom is 0.409 e. The predicted octanol–water partition coefficient (Wildman–Crippen LogP) is 1.56. The molecule has 0 bridgehead atoms. The van der Waals surface area contributed by atoms with Crippen molar-refractivity contribution in [3.63, 3.8) is 0 Å². The van der Waals surface area contributed by atoms with E-state index >= 15 is 0 Å². The van der Waals surface area contributed by atoms with Crippen molar-refractivity contribution in [3.8, 4) is 0 Å². The van der Waals surface area contributed by atoms with E-state index in [-0.39, 0.29) is 12.0 Å². The smallest absolute Gasteiger partial charge is 0.409 e. The monoisotopic (exact) mass is 311 g/mol. The Balaban J connectivity index is 1.73. The molecule has 2 amide bonds. The first-order valence-corrected chi connectivity index (χ1v) is 8.00. The van der Waals surface area contributed by atoms with Crippen LogP contribution >= 0.6 is 11.3 Å². The number of carbonyl (C=O) groups is 2. The van der Waals surface area contributed by atoms with Crippen molar-refractivity contribution in [2.24, 2.45) is 5.73 Å². The van der Waals surface area contributed by atoms with Crippen molar-refractivity contribution < 1.29 is 14.3 Å². The lowest BCUT2D eigenvalue weighted by atomic mass is 10.1. The molecule has 21 heavy (non-hydrogen) atoms. The summed E-state index contributed by atoms with van der Waals surface area (Å²) in [5.74, 6) is -0.389. The molecule has 0 aliphatic carbocycles. The molecule has 6 nitrogen and oxygen atoms in total.